The van der Waals surface area contributed by atoms with E-state index in [1.165, 1.54) is 0 Å². The highest BCUT2D eigenvalue weighted by Crippen LogP contribution is 2.30. The highest BCUT2D eigenvalue weighted by Gasteiger charge is 2.43. The Morgan fingerprint density at radius 3 is 2.91 bits per heavy atom. The Balaban J connectivity index is 2.06. The highest BCUT2D eigenvalue weighted by molar-refractivity contribution is 4.95. The fourth-order valence-electron chi connectivity index (χ4n) is 1.86. The summed E-state index contributed by atoms with van der Waals surface area (Å²) in [6.45, 7) is 5.71. The van der Waals surface area contributed by atoms with Gasteiger partial charge in [-0.2, -0.15) is 0 Å². The number of rotatable bonds is 0. The highest BCUT2D eigenvalue weighted by atomic mass is 16.6. The van der Waals surface area contributed by atoms with Gasteiger partial charge in [0.15, 0.2) is 0 Å². The maximum atomic E-state index is 5.75. The molecule has 3 nitrogen and oxygen atoms in total. The van der Waals surface area contributed by atoms with E-state index in [1.807, 2.05) is 0 Å². The Kier molecular flexibility index (Phi) is 1.87. The molecule has 0 radical (unpaired) electrons. The van der Waals surface area contributed by atoms with Gasteiger partial charge in [0.2, 0.25) is 0 Å². The smallest absolute Gasteiger partial charge is 0.109 e. The first-order valence-electron chi connectivity index (χ1n) is 4.30. The molecule has 2 atom stereocenters. The lowest BCUT2D eigenvalue weighted by Crippen LogP contribution is -2.53. The second-order valence-corrected chi connectivity index (χ2v) is 3.35. The molecule has 2 fully saturated rings. The van der Waals surface area contributed by atoms with Gasteiger partial charge in [0.05, 0.1) is 12.7 Å². The van der Waals surface area contributed by atoms with Crippen LogP contribution < -0.4 is 5.32 Å². The maximum Gasteiger partial charge on any atom is 0.109 e. The lowest BCUT2D eigenvalue weighted by Gasteiger charge is -2.36. The Bertz CT molecular complexity index is 143. The zero-order chi connectivity index (χ0) is 7.73. The summed E-state index contributed by atoms with van der Waals surface area (Å²) in [5.74, 6) is 0. The van der Waals surface area contributed by atoms with Crippen LogP contribution in [0.1, 0.15) is 13.3 Å². The summed E-state index contributed by atoms with van der Waals surface area (Å²) in [6.07, 6.45) is 1.30. The van der Waals surface area contributed by atoms with E-state index >= 15 is 0 Å². The van der Waals surface area contributed by atoms with E-state index in [-0.39, 0.29) is 11.7 Å². The maximum absolute atomic E-state index is 5.75. The molecule has 0 bridgehead atoms. The van der Waals surface area contributed by atoms with Crippen LogP contribution in [0.15, 0.2) is 0 Å². The van der Waals surface area contributed by atoms with Crippen LogP contribution in [-0.2, 0) is 9.47 Å². The van der Waals surface area contributed by atoms with Crippen molar-refractivity contribution >= 4 is 0 Å². The normalized spacial score (nSPS) is 45.0. The van der Waals surface area contributed by atoms with E-state index in [1.54, 1.807) is 0 Å². The van der Waals surface area contributed by atoms with E-state index < -0.39 is 0 Å². The molecule has 2 aliphatic heterocycles. The average Bonchev–Trinajstić information content (AvgIpc) is 2.36. The summed E-state index contributed by atoms with van der Waals surface area (Å²) in [5, 5.41) is 3.34. The first kappa shape index (κ1) is 7.53. The summed E-state index contributed by atoms with van der Waals surface area (Å²) < 4.78 is 11.2. The van der Waals surface area contributed by atoms with E-state index in [4.69, 9.17) is 9.47 Å². The minimum absolute atomic E-state index is 0.00174. The summed E-state index contributed by atoms with van der Waals surface area (Å²) in [6, 6.07) is 0. The molecule has 11 heavy (non-hydrogen) atoms. The molecule has 1 N–H and O–H groups in total. The predicted octanol–water partition coefficient (Wildman–Crippen LogP) is 0.154. The molecule has 0 amide bonds. The van der Waals surface area contributed by atoms with Crippen LogP contribution in [0.2, 0.25) is 0 Å². The van der Waals surface area contributed by atoms with Gasteiger partial charge in [-0.15, -0.1) is 0 Å². The lowest BCUT2D eigenvalue weighted by molar-refractivity contribution is -0.0999. The van der Waals surface area contributed by atoms with E-state index in [2.05, 4.69) is 12.2 Å². The summed E-state index contributed by atoms with van der Waals surface area (Å²) in [7, 11) is 0. The van der Waals surface area contributed by atoms with Crippen LogP contribution in [0, 0.1) is 0 Å². The van der Waals surface area contributed by atoms with E-state index in [0.717, 1.165) is 32.7 Å². The molecule has 0 aliphatic carbocycles. The van der Waals surface area contributed by atoms with Gasteiger partial charge in [-0.1, -0.05) is 0 Å². The Hall–Kier alpha value is -0.120. The van der Waals surface area contributed by atoms with Crippen LogP contribution in [0.25, 0.3) is 0 Å². The molecular weight excluding hydrogens is 142 g/mol. The molecule has 0 unspecified atom stereocenters. The second kappa shape index (κ2) is 2.73. The van der Waals surface area contributed by atoms with Crippen molar-refractivity contribution in [2.24, 2.45) is 0 Å². The molecular formula is C8H15NO2. The minimum Gasteiger partial charge on any atom is -0.375 e. The summed E-state index contributed by atoms with van der Waals surface area (Å²) in [5.41, 5.74) is -0.00174. The molecule has 0 aromatic rings. The van der Waals surface area contributed by atoms with Gasteiger partial charge in [0.25, 0.3) is 0 Å². The van der Waals surface area contributed by atoms with Crippen LogP contribution in [0.3, 0.4) is 0 Å². The second-order valence-electron chi connectivity index (χ2n) is 3.35. The van der Waals surface area contributed by atoms with Crippen LogP contribution >= 0.6 is 0 Å². The zero-order valence-electron chi connectivity index (χ0n) is 6.93. The van der Waals surface area contributed by atoms with Gasteiger partial charge in [-0.05, 0) is 6.92 Å². The van der Waals surface area contributed by atoms with Gasteiger partial charge >= 0.3 is 0 Å². The number of ether oxygens (including phenoxy) is 2. The van der Waals surface area contributed by atoms with Crippen molar-refractivity contribution in [2.75, 3.05) is 26.3 Å². The predicted molar refractivity (Wildman–Crippen MR) is 41.6 cm³/mol. The van der Waals surface area contributed by atoms with Crippen LogP contribution in [0.4, 0.5) is 0 Å². The topological polar surface area (TPSA) is 30.5 Å². The Morgan fingerprint density at radius 2 is 2.36 bits per heavy atom. The number of hydrogen-bond acceptors (Lipinski definition) is 3. The van der Waals surface area contributed by atoms with Gasteiger partial charge < -0.3 is 14.8 Å². The van der Waals surface area contributed by atoms with Crippen molar-refractivity contribution in [3.63, 3.8) is 0 Å². The fourth-order valence-corrected chi connectivity index (χ4v) is 1.86. The Morgan fingerprint density at radius 1 is 1.45 bits per heavy atom. The third-order valence-electron chi connectivity index (χ3n) is 2.73. The first-order chi connectivity index (χ1) is 5.33. The molecule has 2 saturated heterocycles. The summed E-state index contributed by atoms with van der Waals surface area (Å²) >= 11 is 0. The summed E-state index contributed by atoms with van der Waals surface area (Å²) in [4.78, 5) is 0. The van der Waals surface area contributed by atoms with Crippen molar-refractivity contribution in [1.82, 2.24) is 5.32 Å². The van der Waals surface area contributed by atoms with Gasteiger partial charge in [0, 0.05) is 26.1 Å². The standard InChI is InChI=1S/C8H15NO2/c1-7-8(2-4-10-7)6-9-3-5-11-8/h7,9H,2-6H2,1H3/t7-,8+/m1/s1. The number of nitrogens with one attached hydrogen (secondary N) is 1. The lowest BCUT2D eigenvalue weighted by atomic mass is 9.95. The van der Waals surface area contributed by atoms with Crippen LogP contribution in [-0.4, -0.2) is 38.0 Å². The fraction of sp³-hybridized carbons (Fsp3) is 1.00. The zero-order valence-corrected chi connectivity index (χ0v) is 6.93. The largest absolute Gasteiger partial charge is 0.375 e. The molecule has 0 saturated carbocycles. The number of morpholine rings is 1. The van der Waals surface area contributed by atoms with Gasteiger partial charge in [-0.3, -0.25) is 0 Å². The molecule has 2 rings (SSSR count). The van der Waals surface area contributed by atoms with Crippen LogP contribution in [0.5, 0.6) is 0 Å². The third-order valence-corrected chi connectivity index (χ3v) is 2.73. The quantitative estimate of drug-likeness (QED) is 0.543. The third kappa shape index (κ3) is 1.17. The Labute approximate surface area is 67.1 Å². The molecule has 0 aromatic heterocycles. The van der Waals surface area contributed by atoms with E-state index in [9.17, 15) is 0 Å². The first-order valence-corrected chi connectivity index (χ1v) is 4.30. The number of hydrogen-bond donors (Lipinski definition) is 1. The molecule has 1 spiro atoms. The van der Waals surface area contributed by atoms with Crippen molar-refractivity contribution in [1.29, 1.82) is 0 Å². The molecule has 2 heterocycles. The van der Waals surface area contributed by atoms with Gasteiger partial charge in [0.1, 0.15) is 5.60 Å². The minimum atomic E-state index is -0.00174. The van der Waals surface area contributed by atoms with Crippen molar-refractivity contribution in [3.05, 3.63) is 0 Å². The molecule has 0 aromatic carbocycles. The average molecular weight is 157 g/mol. The SMILES string of the molecule is C[C@H]1OCC[C@]12CNCCO2. The van der Waals surface area contributed by atoms with Crippen molar-refractivity contribution < 1.29 is 9.47 Å². The monoisotopic (exact) mass is 157 g/mol. The van der Waals surface area contributed by atoms with Crippen molar-refractivity contribution in [2.45, 2.75) is 25.0 Å². The molecule has 2 aliphatic rings. The molecule has 64 valence electrons. The molecule has 3 heteroatoms. The van der Waals surface area contributed by atoms with E-state index in [0.29, 0.717) is 0 Å². The van der Waals surface area contributed by atoms with Gasteiger partial charge in [-0.25, -0.2) is 0 Å². The van der Waals surface area contributed by atoms with Crippen molar-refractivity contribution in [3.8, 4) is 0 Å².